The minimum atomic E-state index is -0.712. The van der Waals surface area contributed by atoms with Crippen LogP contribution in [0.5, 0.6) is 0 Å². The Hall–Kier alpha value is -6.16. The Kier molecular flexibility index (Phi) is 43.3. The fourth-order valence-electron chi connectivity index (χ4n) is 9.58. The highest BCUT2D eigenvalue weighted by Gasteiger charge is 2.18. The van der Waals surface area contributed by atoms with Gasteiger partial charge in [0.15, 0.2) is 11.6 Å². The minimum Gasteiger partial charge on any atom is -0.206 e. The Labute approximate surface area is 551 Å². The zero-order valence-electron chi connectivity index (χ0n) is 56.8. The second-order valence-corrected chi connectivity index (χ2v) is 23.1. The van der Waals surface area contributed by atoms with Gasteiger partial charge in [-0.1, -0.05) is 52.0 Å². The second kappa shape index (κ2) is 40.1. The largest absolute Gasteiger partial charge is 0.206 e. The van der Waals surface area contributed by atoms with E-state index in [0.29, 0.717) is 66.8 Å². The summed E-state index contributed by atoms with van der Waals surface area (Å²) in [5.74, 6) is -3.77. The van der Waals surface area contributed by atoms with E-state index in [2.05, 4.69) is 41.5 Å². The molecule has 0 aliphatic carbocycles. The first-order valence-corrected chi connectivity index (χ1v) is 28.4. The van der Waals surface area contributed by atoms with Gasteiger partial charge in [-0.3, -0.25) is 0 Å². The van der Waals surface area contributed by atoms with Gasteiger partial charge in [0.2, 0.25) is 0 Å². The van der Waals surface area contributed by atoms with Crippen molar-refractivity contribution in [2.24, 2.45) is 0 Å². The summed E-state index contributed by atoms with van der Waals surface area (Å²) in [6, 6.07) is 0. The average Bonchev–Trinajstić information content (AvgIpc) is 1.23. The highest BCUT2D eigenvalue weighted by molar-refractivity contribution is 5.49. The van der Waals surface area contributed by atoms with E-state index in [9.17, 15) is 43.9 Å². The maximum atomic E-state index is 13.4. The van der Waals surface area contributed by atoms with Crippen LogP contribution in [0.1, 0.15) is 230 Å². The topological polar surface area (TPSA) is 0 Å². The van der Waals surface area contributed by atoms with Crippen molar-refractivity contribution in [2.75, 3.05) is 0 Å². The molecule has 7 rings (SSSR count). The maximum Gasteiger partial charge on any atom is 0.162 e. The van der Waals surface area contributed by atoms with E-state index in [1.807, 2.05) is 69.2 Å². The smallest absolute Gasteiger partial charge is 0.162 e. The molecule has 0 radical (unpaired) electrons. The lowest BCUT2D eigenvalue weighted by Gasteiger charge is -2.15. The van der Waals surface area contributed by atoms with Crippen LogP contribution in [0, 0.1) is 280 Å². The first kappa shape index (κ1) is 98.4. The van der Waals surface area contributed by atoms with Gasteiger partial charge in [-0.2, -0.15) is 0 Å². The Morgan fingerprint density at radius 2 is 0.143 bits per heavy atom. The van der Waals surface area contributed by atoms with E-state index < -0.39 is 34.9 Å². The van der Waals surface area contributed by atoms with Crippen molar-refractivity contribution in [3.8, 4) is 0 Å². The van der Waals surface area contributed by atoms with Crippen LogP contribution in [0.15, 0.2) is 0 Å². The van der Waals surface area contributed by atoms with Gasteiger partial charge in [-0.05, 0) is 388 Å². The molecule has 0 nitrogen and oxygen atoms in total. The summed E-state index contributed by atoms with van der Waals surface area (Å²) in [6.07, 6.45) is 0. The first-order valence-electron chi connectivity index (χ1n) is 28.4. The van der Waals surface area contributed by atoms with Gasteiger partial charge in [0.25, 0.3) is 0 Å². The predicted octanol–water partition coefficient (Wildman–Crippen LogP) is 27.5. The molecule has 0 atom stereocenters. The summed E-state index contributed by atoms with van der Waals surface area (Å²) < 4.78 is 132. The van der Waals surface area contributed by atoms with Crippen LogP contribution in [-0.4, -0.2) is 0 Å². The molecule has 0 heterocycles. The summed E-state index contributed by atoms with van der Waals surface area (Å²) >= 11 is 0. The normalized spacial score (nSPS) is 9.69. The van der Waals surface area contributed by atoms with Crippen LogP contribution in [0.25, 0.3) is 0 Å². The summed E-state index contributed by atoms with van der Waals surface area (Å²) in [4.78, 5) is 0. The lowest BCUT2D eigenvalue weighted by molar-refractivity contribution is 0.495. The summed E-state index contributed by atoms with van der Waals surface area (Å²) in [5, 5.41) is 0. The molecule has 7 aromatic rings. The van der Waals surface area contributed by atoms with Crippen molar-refractivity contribution in [1.82, 2.24) is 0 Å². The Bertz CT molecular complexity index is 2210. The van der Waals surface area contributed by atoms with Crippen molar-refractivity contribution in [1.29, 1.82) is 0 Å². The molecular formula is C81H124F10. The molecule has 0 unspecified atom stereocenters. The zero-order valence-corrected chi connectivity index (χ0v) is 56.8. The number of halogens is 10. The second-order valence-electron chi connectivity index (χ2n) is 23.1. The molecule has 0 aliphatic rings. The molecule has 91 heavy (non-hydrogen) atoms. The highest BCUT2D eigenvalue weighted by Crippen LogP contribution is 2.30. The third kappa shape index (κ3) is 21.4. The zero-order chi connectivity index (χ0) is 66.2. The molecule has 0 fully saturated rings. The molecule has 0 saturated carbocycles. The molecule has 518 valence electrons. The van der Waals surface area contributed by atoms with Crippen molar-refractivity contribution >= 4 is 0 Å². The first-order chi connectivity index (χ1) is 38.2. The fraction of sp³-hybridized carbons (Fsp3) is 0.481. The van der Waals surface area contributed by atoms with Crippen LogP contribution in [-0.2, 0) is 0 Å². The van der Waals surface area contributed by atoms with E-state index in [1.54, 1.807) is 96.9 Å². The Balaban J connectivity index is -0.000000179. The SMILES string of the molecule is C.C.C.C.C.C.C.Cc1c(C)c(C)c(C)c(C)c1C.Cc1c(C)c(C)c(F)c(C)c1C.Cc1c(C)c(C)c(F)c(C)c1C.Cc1c(C)c(C)c(F)c(F)c1C.Cc1c(C)c(F)c(C)c(C)c1F.Cc1c(C)c(F)c(C)c(F)c1C.Cc1c(C)c(F)c(C)c(F)c1C. The van der Waals surface area contributed by atoms with Crippen molar-refractivity contribution in [3.05, 3.63) is 236 Å². The van der Waals surface area contributed by atoms with Gasteiger partial charge in [0, 0.05) is 11.1 Å². The van der Waals surface area contributed by atoms with Crippen molar-refractivity contribution in [3.63, 3.8) is 0 Å². The summed E-state index contributed by atoms with van der Waals surface area (Å²) in [6.45, 7) is 58.9. The fourth-order valence-corrected chi connectivity index (χ4v) is 9.58. The van der Waals surface area contributed by atoms with Gasteiger partial charge in [0.05, 0.1) is 0 Å². The minimum absolute atomic E-state index is 0. The van der Waals surface area contributed by atoms with Gasteiger partial charge in [-0.15, -0.1) is 0 Å². The quantitative estimate of drug-likeness (QED) is 0.133. The van der Waals surface area contributed by atoms with E-state index in [4.69, 9.17) is 0 Å². The molecular weight excluding hydrogens is 1160 g/mol. The average molecular weight is 1290 g/mol. The van der Waals surface area contributed by atoms with Crippen LogP contribution in [0.3, 0.4) is 0 Å². The monoisotopic (exact) mass is 1290 g/mol. The summed E-state index contributed by atoms with van der Waals surface area (Å²) in [5.41, 5.74) is 26.6. The number of rotatable bonds is 0. The summed E-state index contributed by atoms with van der Waals surface area (Å²) in [7, 11) is 0. The maximum absolute atomic E-state index is 13.4. The highest BCUT2D eigenvalue weighted by atomic mass is 19.2. The Morgan fingerprint density at radius 1 is 0.0879 bits per heavy atom. The number of hydrogen-bond acceptors (Lipinski definition) is 0. The number of hydrogen-bond donors (Lipinski definition) is 0. The molecule has 10 heteroatoms. The molecule has 0 amide bonds. The molecule has 0 bridgehead atoms. The van der Waals surface area contributed by atoms with E-state index in [1.165, 1.54) is 58.4 Å². The van der Waals surface area contributed by atoms with Crippen molar-refractivity contribution in [2.45, 2.75) is 274 Å². The van der Waals surface area contributed by atoms with Crippen LogP contribution >= 0.6 is 0 Å². The lowest BCUT2D eigenvalue weighted by Crippen LogP contribution is -2.00. The van der Waals surface area contributed by atoms with Gasteiger partial charge in [-0.25, -0.2) is 43.9 Å². The Morgan fingerprint density at radius 3 is 0.253 bits per heavy atom. The van der Waals surface area contributed by atoms with Gasteiger partial charge < -0.3 is 0 Å². The van der Waals surface area contributed by atoms with Crippen LogP contribution in [0.4, 0.5) is 43.9 Å². The molecule has 0 aliphatic heterocycles. The lowest BCUT2D eigenvalue weighted by atomic mass is 9.90. The van der Waals surface area contributed by atoms with E-state index in [-0.39, 0.29) is 86.4 Å². The van der Waals surface area contributed by atoms with Crippen LogP contribution in [0.2, 0.25) is 0 Å². The molecule has 0 aromatic heterocycles. The molecule has 0 saturated heterocycles. The standard InChI is InChI=1S/C12H18.2C11H15F.4C10H12F2.7CH4/c1-7-8(2)10(4)12(6)11(5)9(7)3;2*1-6-7(2)9(4)11(12)10(5)8(6)3;1-5-6(2)10(12)8(4)7(3)9(5)11;2*1-5-6(2)9(11)8(4)10(12)7(5)3;1-5-6(2)8(4)10(12)9(11)7(5)3;;;;;;;/h1-6H3;2*1-5H3;4*1-4H3;7*1H4. The van der Waals surface area contributed by atoms with E-state index >= 15 is 0 Å². The van der Waals surface area contributed by atoms with Gasteiger partial charge >= 0.3 is 0 Å². The molecule has 7 aromatic carbocycles. The predicted molar refractivity (Wildman–Crippen MR) is 383 cm³/mol. The molecule has 0 N–H and O–H groups in total. The van der Waals surface area contributed by atoms with Crippen LogP contribution < -0.4 is 0 Å². The van der Waals surface area contributed by atoms with E-state index in [0.717, 1.165) is 55.6 Å². The van der Waals surface area contributed by atoms with Gasteiger partial charge in [0.1, 0.15) is 46.5 Å². The number of benzene rings is 7. The third-order valence-electron chi connectivity index (χ3n) is 19.1. The third-order valence-corrected chi connectivity index (χ3v) is 19.1. The van der Waals surface area contributed by atoms with Crippen molar-refractivity contribution < 1.29 is 43.9 Å². The molecule has 0 spiro atoms.